The molecule has 0 bridgehead atoms. The summed E-state index contributed by atoms with van der Waals surface area (Å²) in [7, 11) is 0. The lowest BCUT2D eigenvalue weighted by atomic mass is 10.3. The van der Waals surface area contributed by atoms with Gasteiger partial charge in [-0.3, -0.25) is 10.00 Å². The average molecular weight is 254 g/mol. The fourth-order valence-electron chi connectivity index (χ4n) is 1.94. The maximum atomic E-state index is 5.32. The quantitative estimate of drug-likeness (QED) is 0.629. The molecule has 1 aromatic heterocycles. The Hall–Kier alpha value is -0.980. The van der Waals surface area contributed by atoms with Crippen molar-refractivity contribution in [1.29, 1.82) is 0 Å². The molecule has 5 nitrogen and oxygen atoms in total. The van der Waals surface area contributed by atoms with Crippen LogP contribution >= 0.6 is 12.2 Å². The van der Waals surface area contributed by atoms with E-state index >= 15 is 0 Å². The Morgan fingerprint density at radius 1 is 1.47 bits per heavy atom. The van der Waals surface area contributed by atoms with Gasteiger partial charge in [0.25, 0.3) is 0 Å². The van der Waals surface area contributed by atoms with E-state index in [4.69, 9.17) is 17.0 Å². The summed E-state index contributed by atoms with van der Waals surface area (Å²) < 4.78 is 7.98. The summed E-state index contributed by atoms with van der Waals surface area (Å²) in [5, 5.41) is 7.09. The molecular formula is C11H18N4OS. The number of allylic oxidation sites excluding steroid dienone is 1. The number of nitrogens with one attached hydrogen (secondary N) is 1. The molecule has 0 saturated carbocycles. The van der Waals surface area contributed by atoms with Crippen LogP contribution in [0.15, 0.2) is 12.7 Å². The Labute approximate surface area is 106 Å². The van der Waals surface area contributed by atoms with Crippen molar-refractivity contribution in [2.75, 3.05) is 32.8 Å². The van der Waals surface area contributed by atoms with Crippen LogP contribution in [-0.2, 0) is 17.7 Å². The van der Waals surface area contributed by atoms with E-state index in [1.165, 1.54) is 0 Å². The first-order chi connectivity index (χ1) is 8.31. The number of aromatic amines is 1. The van der Waals surface area contributed by atoms with Gasteiger partial charge >= 0.3 is 0 Å². The van der Waals surface area contributed by atoms with Crippen LogP contribution in [0.25, 0.3) is 0 Å². The van der Waals surface area contributed by atoms with Gasteiger partial charge in [0.2, 0.25) is 0 Å². The van der Waals surface area contributed by atoms with Crippen molar-refractivity contribution >= 4 is 12.2 Å². The Bertz CT molecular complexity index is 419. The number of rotatable bonds is 5. The summed E-state index contributed by atoms with van der Waals surface area (Å²) in [6.45, 7) is 9.13. The van der Waals surface area contributed by atoms with Crippen LogP contribution in [0.4, 0.5) is 0 Å². The minimum Gasteiger partial charge on any atom is -0.379 e. The molecule has 17 heavy (non-hydrogen) atoms. The highest BCUT2D eigenvalue weighted by molar-refractivity contribution is 7.71. The molecule has 94 valence electrons. The summed E-state index contributed by atoms with van der Waals surface area (Å²) in [4.78, 5) is 2.39. The van der Waals surface area contributed by atoms with Crippen molar-refractivity contribution < 1.29 is 4.74 Å². The Balaban J connectivity index is 1.93. The van der Waals surface area contributed by atoms with Crippen molar-refractivity contribution in [3.8, 4) is 0 Å². The average Bonchev–Trinajstić information content (AvgIpc) is 2.70. The number of aromatic nitrogens is 3. The summed E-state index contributed by atoms with van der Waals surface area (Å²) >= 11 is 5.17. The minimum atomic E-state index is 0.668. The number of hydrogen-bond acceptors (Lipinski definition) is 4. The van der Waals surface area contributed by atoms with Crippen molar-refractivity contribution in [2.24, 2.45) is 0 Å². The van der Waals surface area contributed by atoms with E-state index in [9.17, 15) is 0 Å². The van der Waals surface area contributed by atoms with E-state index in [-0.39, 0.29) is 0 Å². The predicted octanol–water partition coefficient (Wildman–Crippen LogP) is 1.00. The monoisotopic (exact) mass is 254 g/mol. The zero-order chi connectivity index (χ0) is 12.1. The number of hydrogen-bond donors (Lipinski definition) is 1. The van der Waals surface area contributed by atoms with Gasteiger partial charge in [-0.2, -0.15) is 5.10 Å². The maximum Gasteiger partial charge on any atom is 0.195 e. The highest BCUT2D eigenvalue weighted by Gasteiger charge is 2.12. The second kappa shape index (κ2) is 6.09. The minimum absolute atomic E-state index is 0.668. The predicted molar refractivity (Wildman–Crippen MR) is 68.6 cm³/mol. The molecule has 1 aliphatic heterocycles. The Morgan fingerprint density at radius 2 is 2.24 bits per heavy atom. The summed E-state index contributed by atoms with van der Waals surface area (Å²) in [5.41, 5.74) is 0. The van der Waals surface area contributed by atoms with Crippen molar-refractivity contribution in [2.45, 2.75) is 13.0 Å². The molecular weight excluding hydrogens is 236 g/mol. The lowest BCUT2D eigenvalue weighted by molar-refractivity contribution is 0.0381. The molecule has 1 fully saturated rings. The number of ether oxygens (including phenoxy) is 1. The summed E-state index contributed by atoms with van der Waals surface area (Å²) in [6.07, 6.45) is 2.74. The van der Waals surface area contributed by atoms with Gasteiger partial charge in [-0.1, -0.05) is 6.08 Å². The fraction of sp³-hybridized carbons (Fsp3) is 0.636. The van der Waals surface area contributed by atoms with E-state index in [2.05, 4.69) is 21.7 Å². The van der Waals surface area contributed by atoms with Gasteiger partial charge < -0.3 is 9.30 Å². The molecule has 1 aliphatic rings. The van der Waals surface area contributed by atoms with Gasteiger partial charge in [0.05, 0.1) is 13.2 Å². The number of H-pyrrole nitrogens is 1. The fourth-order valence-corrected chi connectivity index (χ4v) is 2.17. The lowest BCUT2D eigenvalue weighted by Gasteiger charge is -2.26. The smallest absolute Gasteiger partial charge is 0.195 e. The van der Waals surface area contributed by atoms with E-state index < -0.39 is 0 Å². The highest BCUT2D eigenvalue weighted by Crippen LogP contribution is 2.03. The largest absolute Gasteiger partial charge is 0.379 e. The standard InChI is InChI=1S/C11H18N4OS/c1-2-4-15-10(12-13-11(15)17)3-5-14-6-8-16-9-7-14/h2H,1,3-9H2,(H,13,17). The molecule has 0 unspecified atom stereocenters. The van der Waals surface area contributed by atoms with Gasteiger partial charge in [-0.15, -0.1) is 6.58 Å². The van der Waals surface area contributed by atoms with Crippen LogP contribution in [0.3, 0.4) is 0 Å². The first-order valence-corrected chi connectivity index (χ1v) is 6.27. The molecule has 0 aliphatic carbocycles. The van der Waals surface area contributed by atoms with Gasteiger partial charge in [-0.05, 0) is 12.2 Å². The number of morpholine rings is 1. The van der Waals surface area contributed by atoms with Crippen molar-refractivity contribution in [3.63, 3.8) is 0 Å². The van der Waals surface area contributed by atoms with Crippen LogP contribution in [0, 0.1) is 4.77 Å². The lowest BCUT2D eigenvalue weighted by Crippen LogP contribution is -2.37. The van der Waals surface area contributed by atoms with Crippen LogP contribution < -0.4 is 0 Å². The Kier molecular flexibility index (Phi) is 4.47. The summed E-state index contributed by atoms with van der Waals surface area (Å²) in [6, 6.07) is 0. The van der Waals surface area contributed by atoms with Crippen molar-refractivity contribution in [3.05, 3.63) is 23.3 Å². The molecule has 2 rings (SSSR count). The molecule has 2 heterocycles. The van der Waals surface area contributed by atoms with Crippen molar-refractivity contribution in [1.82, 2.24) is 19.7 Å². The first-order valence-electron chi connectivity index (χ1n) is 5.86. The molecule has 1 N–H and O–H groups in total. The van der Waals surface area contributed by atoms with E-state index in [1.54, 1.807) is 0 Å². The topological polar surface area (TPSA) is 46.1 Å². The zero-order valence-corrected chi connectivity index (χ0v) is 10.7. The van der Waals surface area contributed by atoms with Gasteiger partial charge in [0.1, 0.15) is 5.82 Å². The van der Waals surface area contributed by atoms with E-state index in [0.29, 0.717) is 11.3 Å². The van der Waals surface area contributed by atoms with Gasteiger partial charge in [-0.25, -0.2) is 0 Å². The summed E-state index contributed by atoms with van der Waals surface area (Å²) in [5.74, 6) is 1.00. The SMILES string of the molecule is C=CCn1c(CCN2CCOCC2)n[nH]c1=S. The van der Waals surface area contributed by atoms with Crippen LogP contribution in [0.2, 0.25) is 0 Å². The highest BCUT2D eigenvalue weighted by atomic mass is 32.1. The van der Waals surface area contributed by atoms with Crippen LogP contribution in [-0.4, -0.2) is 52.5 Å². The first kappa shape index (κ1) is 12.5. The second-order valence-electron chi connectivity index (χ2n) is 4.05. The van der Waals surface area contributed by atoms with Crippen LogP contribution in [0.5, 0.6) is 0 Å². The third kappa shape index (κ3) is 3.24. The van der Waals surface area contributed by atoms with Gasteiger partial charge in [0, 0.05) is 32.6 Å². The van der Waals surface area contributed by atoms with E-state index in [0.717, 1.165) is 45.1 Å². The molecule has 1 saturated heterocycles. The van der Waals surface area contributed by atoms with Crippen LogP contribution in [0.1, 0.15) is 5.82 Å². The third-order valence-electron chi connectivity index (χ3n) is 2.90. The second-order valence-corrected chi connectivity index (χ2v) is 4.43. The third-order valence-corrected chi connectivity index (χ3v) is 3.22. The normalized spacial score (nSPS) is 17.2. The molecule has 0 amide bonds. The zero-order valence-electron chi connectivity index (χ0n) is 9.89. The van der Waals surface area contributed by atoms with Gasteiger partial charge in [0.15, 0.2) is 4.77 Å². The molecule has 6 heteroatoms. The molecule has 0 atom stereocenters. The van der Waals surface area contributed by atoms with E-state index in [1.807, 2.05) is 10.6 Å². The molecule has 1 aromatic rings. The molecule has 0 aromatic carbocycles. The Morgan fingerprint density at radius 3 is 2.94 bits per heavy atom. The molecule has 0 spiro atoms. The number of nitrogens with zero attached hydrogens (tertiary/aromatic N) is 3. The molecule has 0 radical (unpaired) electrons. The maximum absolute atomic E-state index is 5.32.